The van der Waals surface area contributed by atoms with Crippen molar-refractivity contribution in [3.63, 3.8) is 0 Å². The number of carbonyl (C=O) groups excluding carboxylic acids is 1. The van der Waals surface area contributed by atoms with Gasteiger partial charge in [-0.3, -0.25) is 0 Å². The van der Waals surface area contributed by atoms with Crippen LogP contribution in [0, 0.1) is 0 Å². The van der Waals surface area contributed by atoms with Crippen LogP contribution < -0.4 is 9.64 Å². The molecule has 1 aromatic carbocycles. The highest BCUT2D eigenvalue weighted by Gasteiger charge is 2.29. The summed E-state index contributed by atoms with van der Waals surface area (Å²) in [7, 11) is 1.68. The first-order valence-corrected chi connectivity index (χ1v) is 8.52. The van der Waals surface area contributed by atoms with E-state index in [4.69, 9.17) is 9.47 Å². The van der Waals surface area contributed by atoms with Crippen LogP contribution in [0.25, 0.3) is 0 Å². The number of hydrogen-bond acceptors (Lipinski definition) is 4. The van der Waals surface area contributed by atoms with Crippen LogP contribution in [0.4, 0.5) is 10.5 Å². The Kier molecular flexibility index (Phi) is 6.56. The molecular weight excluding hydrogens is 292 g/mol. The first kappa shape index (κ1) is 17.4. The molecule has 0 N–H and O–H groups in total. The second kappa shape index (κ2) is 8.65. The van der Waals surface area contributed by atoms with E-state index in [1.165, 1.54) is 0 Å². The molecule has 1 atom stereocenters. The lowest BCUT2D eigenvalue weighted by molar-refractivity contribution is 0.0932. The highest BCUT2D eigenvalue weighted by Crippen LogP contribution is 2.26. The predicted octanol–water partition coefficient (Wildman–Crippen LogP) is 3.53. The Morgan fingerprint density at radius 3 is 2.83 bits per heavy atom. The Balaban J connectivity index is 1.99. The van der Waals surface area contributed by atoms with Gasteiger partial charge in [-0.25, -0.2) is 4.79 Å². The molecule has 0 spiro atoms. The summed E-state index contributed by atoms with van der Waals surface area (Å²) < 4.78 is 10.7. The molecule has 1 aliphatic rings. The molecule has 1 unspecified atom stereocenters. The zero-order chi connectivity index (χ0) is 16.7. The van der Waals surface area contributed by atoms with E-state index in [9.17, 15) is 4.79 Å². The van der Waals surface area contributed by atoms with Crippen molar-refractivity contribution in [1.29, 1.82) is 0 Å². The summed E-state index contributed by atoms with van der Waals surface area (Å²) >= 11 is 0. The van der Waals surface area contributed by atoms with Crippen LogP contribution in [-0.2, 0) is 4.74 Å². The Morgan fingerprint density at radius 1 is 1.30 bits per heavy atom. The second-order valence-corrected chi connectivity index (χ2v) is 5.87. The van der Waals surface area contributed by atoms with Crippen LogP contribution in [-0.4, -0.2) is 50.4 Å². The topological polar surface area (TPSA) is 42.0 Å². The number of piperazine rings is 1. The molecule has 0 radical (unpaired) electrons. The molecule has 1 heterocycles. The Labute approximate surface area is 139 Å². The standard InChI is InChI=1S/C18H28N2O3/c1-4-6-12-23-18(21)19-10-11-20(15(5-2)14-19)16-8-7-9-17(13-16)22-3/h7-9,13,15H,4-6,10-12,14H2,1-3H3. The van der Waals surface area contributed by atoms with Gasteiger partial charge in [0.2, 0.25) is 0 Å². The minimum Gasteiger partial charge on any atom is -0.497 e. The maximum absolute atomic E-state index is 12.1. The van der Waals surface area contributed by atoms with Crippen molar-refractivity contribution in [2.45, 2.75) is 39.2 Å². The fraction of sp³-hybridized carbons (Fsp3) is 0.611. The van der Waals surface area contributed by atoms with Crippen molar-refractivity contribution in [2.24, 2.45) is 0 Å². The average Bonchev–Trinajstić information content (AvgIpc) is 2.61. The van der Waals surface area contributed by atoms with E-state index in [-0.39, 0.29) is 6.09 Å². The number of nitrogens with zero attached hydrogens (tertiary/aromatic N) is 2. The highest BCUT2D eigenvalue weighted by molar-refractivity contribution is 5.68. The lowest BCUT2D eigenvalue weighted by Gasteiger charge is -2.42. The number of rotatable bonds is 6. The normalized spacial score (nSPS) is 18.0. The van der Waals surface area contributed by atoms with Gasteiger partial charge < -0.3 is 19.3 Å². The quantitative estimate of drug-likeness (QED) is 0.752. The Hall–Kier alpha value is -1.91. The number of methoxy groups -OCH3 is 1. The molecule has 1 saturated heterocycles. The fourth-order valence-electron chi connectivity index (χ4n) is 2.89. The van der Waals surface area contributed by atoms with Crippen LogP contribution in [0.5, 0.6) is 5.75 Å². The number of unbranched alkanes of at least 4 members (excludes halogenated alkanes) is 1. The van der Waals surface area contributed by atoms with E-state index >= 15 is 0 Å². The first-order valence-electron chi connectivity index (χ1n) is 8.52. The Bertz CT molecular complexity index is 507. The van der Waals surface area contributed by atoms with Gasteiger partial charge in [0.05, 0.1) is 13.7 Å². The molecule has 5 nitrogen and oxygen atoms in total. The molecule has 2 rings (SSSR count). The van der Waals surface area contributed by atoms with Gasteiger partial charge in [-0.15, -0.1) is 0 Å². The van der Waals surface area contributed by atoms with Gasteiger partial charge in [-0.2, -0.15) is 0 Å². The third-order valence-corrected chi connectivity index (χ3v) is 4.32. The lowest BCUT2D eigenvalue weighted by Crippen LogP contribution is -2.54. The van der Waals surface area contributed by atoms with E-state index < -0.39 is 0 Å². The average molecular weight is 320 g/mol. The third-order valence-electron chi connectivity index (χ3n) is 4.32. The van der Waals surface area contributed by atoms with Crippen LogP contribution in [0.15, 0.2) is 24.3 Å². The van der Waals surface area contributed by atoms with Crippen molar-refractivity contribution in [3.05, 3.63) is 24.3 Å². The van der Waals surface area contributed by atoms with Gasteiger partial charge in [0.25, 0.3) is 0 Å². The number of benzene rings is 1. The van der Waals surface area contributed by atoms with Crippen LogP contribution in [0.3, 0.4) is 0 Å². The molecule has 0 aliphatic carbocycles. The van der Waals surface area contributed by atoms with Gasteiger partial charge in [0, 0.05) is 37.4 Å². The maximum atomic E-state index is 12.1. The molecule has 0 saturated carbocycles. The van der Waals surface area contributed by atoms with Crippen molar-refractivity contribution < 1.29 is 14.3 Å². The van der Waals surface area contributed by atoms with Crippen molar-refractivity contribution >= 4 is 11.8 Å². The molecule has 1 fully saturated rings. The van der Waals surface area contributed by atoms with Gasteiger partial charge >= 0.3 is 6.09 Å². The van der Waals surface area contributed by atoms with Crippen LogP contribution in [0.1, 0.15) is 33.1 Å². The Morgan fingerprint density at radius 2 is 2.13 bits per heavy atom. The van der Waals surface area contributed by atoms with E-state index in [2.05, 4.69) is 30.9 Å². The predicted molar refractivity (Wildman–Crippen MR) is 92.2 cm³/mol. The second-order valence-electron chi connectivity index (χ2n) is 5.87. The lowest BCUT2D eigenvalue weighted by atomic mass is 10.1. The molecular formula is C18H28N2O3. The fourth-order valence-corrected chi connectivity index (χ4v) is 2.89. The van der Waals surface area contributed by atoms with Crippen molar-refractivity contribution in [1.82, 2.24) is 4.90 Å². The molecule has 128 valence electrons. The zero-order valence-electron chi connectivity index (χ0n) is 14.5. The molecule has 0 bridgehead atoms. The molecule has 1 aromatic rings. The summed E-state index contributed by atoms with van der Waals surface area (Å²) in [5, 5.41) is 0. The van der Waals surface area contributed by atoms with Gasteiger partial charge in [-0.05, 0) is 25.0 Å². The first-order chi connectivity index (χ1) is 11.2. The molecule has 5 heteroatoms. The highest BCUT2D eigenvalue weighted by atomic mass is 16.6. The SMILES string of the molecule is CCCCOC(=O)N1CCN(c2cccc(OC)c2)C(CC)C1. The summed E-state index contributed by atoms with van der Waals surface area (Å²) in [4.78, 5) is 16.3. The van der Waals surface area contributed by atoms with E-state index in [1.807, 2.05) is 17.0 Å². The minimum absolute atomic E-state index is 0.179. The van der Waals surface area contributed by atoms with Crippen molar-refractivity contribution in [2.75, 3.05) is 38.3 Å². The summed E-state index contributed by atoms with van der Waals surface area (Å²) in [6.07, 6.45) is 2.76. The molecule has 1 aliphatic heterocycles. The van der Waals surface area contributed by atoms with E-state index in [0.29, 0.717) is 25.7 Å². The zero-order valence-corrected chi connectivity index (χ0v) is 14.5. The van der Waals surface area contributed by atoms with Crippen molar-refractivity contribution in [3.8, 4) is 5.75 Å². The van der Waals surface area contributed by atoms with E-state index in [1.54, 1.807) is 7.11 Å². The van der Waals surface area contributed by atoms with Gasteiger partial charge in [-0.1, -0.05) is 26.3 Å². The monoisotopic (exact) mass is 320 g/mol. The number of amides is 1. The third kappa shape index (κ3) is 4.53. The summed E-state index contributed by atoms with van der Waals surface area (Å²) in [5.41, 5.74) is 1.15. The molecule has 0 aromatic heterocycles. The number of anilines is 1. The molecule has 1 amide bonds. The number of ether oxygens (including phenoxy) is 2. The number of carbonyl (C=O) groups is 1. The smallest absolute Gasteiger partial charge is 0.409 e. The van der Waals surface area contributed by atoms with Crippen LogP contribution >= 0.6 is 0 Å². The summed E-state index contributed by atoms with van der Waals surface area (Å²) in [5.74, 6) is 0.860. The van der Waals surface area contributed by atoms with Gasteiger partial charge in [0.15, 0.2) is 0 Å². The van der Waals surface area contributed by atoms with Crippen LogP contribution in [0.2, 0.25) is 0 Å². The maximum Gasteiger partial charge on any atom is 0.409 e. The minimum atomic E-state index is -0.179. The van der Waals surface area contributed by atoms with E-state index in [0.717, 1.165) is 37.2 Å². The summed E-state index contributed by atoms with van der Waals surface area (Å²) in [6.45, 7) is 6.98. The number of hydrogen-bond donors (Lipinski definition) is 0. The summed E-state index contributed by atoms with van der Waals surface area (Å²) in [6, 6.07) is 8.41. The molecule has 23 heavy (non-hydrogen) atoms. The van der Waals surface area contributed by atoms with Gasteiger partial charge in [0.1, 0.15) is 5.75 Å². The largest absolute Gasteiger partial charge is 0.497 e.